The fourth-order valence-electron chi connectivity index (χ4n) is 3.46. The topological polar surface area (TPSA) is 127 Å². The molecule has 2 N–H and O–H groups in total. The SMILES string of the molecule is CCCCCCCCCCCCOc1ccccc1C(Sc1nnnn1CC(=O)O)C(=O)O. The predicted octanol–water partition coefficient (Wildman–Crippen LogP) is 4.98. The molecule has 1 atom stereocenters. The zero-order valence-corrected chi connectivity index (χ0v) is 20.0. The Bertz CT molecular complexity index is 861. The van der Waals surface area contributed by atoms with Gasteiger partial charge in [0.2, 0.25) is 5.16 Å². The summed E-state index contributed by atoms with van der Waals surface area (Å²) in [6.07, 6.45) is 12.3. The van der Waals surface area contributed by atoms with Gasteiger partial charge in [0, 0.05) is 5.56 Å². The molecule has 0 aliphatic heterocycles. The molecule has 9 nitrogen and oxygen atoms in total. The zero-order valence-electron chi connectivity index (χ0n) is 19.2. The van der Waals surface area contributed by atoms with Gasteiger partial charge in [0.15, 0.2) is 0 Å². The Morgan fingerprint density at radius 1 is 1.00 bits per heavy atom. The molecular formula is C23H34N4O5S. The molecule has 0 amide bonds. The average molecular weight is 479 g/mol. The first-order chi connectivity index (χ1) is 16.0. The van der Waals surface area contributed by atoms with Crippen molar-refractivity contribution >= 4 is 23.7 Å². The predicted molar refractivity (Wildman–Crippen MR) is 125 cm³/mol. The van der Waals surface area contributed by atoms with E-state index in [9.17, 15) is 14.7 Å². The zero-order chi connectivity index (χ0) is 23.9. The number of rotatable bonds is 18. The molecule has 0 aliphatic carbocycles. The molecule has 0 aliphatic rings. The van der Waals surface area contributed by atoms with E-state index in [0.717, 1.165) is 29.3 Å². The highest BCUT2D eigenvalue weighted by molar-refractivity contribution is 8.00. The molecule has 2 aromatic rings. The highest BCUT2D eigenvalue weighted by Gasteiger charge is 2.27. The smallest absolute Gasteiger partial charge is 0.325 e. The van der Waals surface area contributed by atoms with Crippen LogP contribution in [0.2, 0.25) is 0 Å². The molecule has 0 saturated carbocycles. The number of carbonyl (C=O) groups is 2. The first kappa shape index (κ1) is 26.6. The van der Waals surface area contributed by atoms with Crippen LogP contribution in [0, 0.1) is 0 Å². The van der Waals surface area contributed by atoms with Crippen molar-refractivity contribution in [2.75, 3.05) is 6.61 Å². The molecule has 2 rings (SSSR count). The molecule has 0 radical (unpaired) electrons. The number of carboxylic acids is 2. The molecular weight excluding hydrogens is 444 g/mol. The molecule has 1 heterocycles. The number of benzene rings is 1. The second kappa shape index (κ2) is 15.3. The van der Waals surface area contributed by atoms with Crippen LogP contribution in [-0.4, -0.2) is 49.0 Å². The van der Waals surface area contributed by atoms with Gasteiger partial charge >= 0.3 is 11.9 Å². The van der Waals surface area contributed by atoms with Crippen LogP contribution in [0.3, 0.4) is 0 Å². The summed E-state index contributed by atoms with van der Waals surface area (Å²) < 4.78 is 6.99. The molecule has 1 unspecified atom stereocenters. The van der Waals surface area contributed by atoms with Crippen LogP contribution in [0.1, 0.15) is 81.9 Å². The van der Waals surface area contributed by atoms with E-state index in [2.05, 4.69) is 22.4 Å². The molecule has 1 aromatic heterocycles. The third kappa shape index (κ3) is 9.81. The van der Waals surface area contributed by atoms with Gasteiger partial charge in [-0.3, -0.25) is 9.59 Å². The van der Waals surface area contributed by atoms with Crippen molar-refractivity contribution in [2.45, 2.75) is 88.1 Å². The number of thioether (sulfide) groups is 1. The Kier molecular flexibility index (Phi) is 12.3. The maximum absolute atomic E-state index is 12.0. The number of aliphatic carboxylic acids is 2. The number of aromatic nitrogens is 4. The third-order valence-corrected chi connectivity index (χ3v) is 6.38. The van der Waals surface area contributed by atoms with Crippen LogP contribution in [0.25, 0.3) is 0 Å². The fraction of sp³-hybridized carbons (Fsp3) is 0.609. The number of carboxylic acid groups (broad SMARTS) is 2. The van der Waals surface area contributed by atoms with Gasteiger partial charge in [-0.05, 0) is 22.9 Å². The molecule has 33 heavy (non-hydrogen) atoms. The van der Waals surface area contributed by atoms with Crippen LogP contribution in [0.15, 0.2) is 29.4 Å². The lowest BCUT2D eigenvalue weighted by Crippen LogP contribution is -2.14. The van der Waals surface area contributed by atoms with Crippen molar-refractivity contribution in [3.8, 4) is 5.75 Å². The summed E-state index contributed by atoms with van der Waals surface area (Å²) in [6.45, 7) is 2.30. The Morgan fingerprint density at radius 2 is 1.64 bits per heavy atom. The number of para-hydroxylation sites is 1. The molecule has 1 aromatic carbocycles. The van der Waals surface area contributed by atoms with Crippen molar-refractivity contribution < 1.29 is 24.5 Å². The van der Waals surface area contributed by atoms with E-state index < -0.39 is 23.7 Å². The van der Waals surface area contributed by atoms with E-state index in [1.807, 2.05) is 0 Å². The summed E-state index contributed by atoms with van der Waals surface area (Å²) in [5.74, 6) is -1.69. The maximum atomic E-state index is 12.0. The number of nitrogens with zero attached hydrogens (tertiary/aromatic N) is 4. The summed E-state index contributed by atoms with van der Waals surface area (Å²) in [7, 11) is 0. The van der Waals surface area contributed by atoms with Crippen LogP contribution < -0.4 is 4.74 Å². The summed E-state index contributed by atoms with van der Waals surface area (Å²) >= 11 is 0.883. The minimum atomic E-state index is -1.11. The van der Waals surface area contributed by atoms with Crippen LogP contribution in [0.4, 0.5) is 0 Å². The normalized spacial score (nSPS) is 11.9. The van der Waals surface area contributed by atoms with E-state index >= 15 is 0 Å². The first-order valence-corrected chi connectivity index (χ1v) is 12.5. The molecule has 0 saturated heterocycles. The molecule has 0 fully saturated rings. The summed E-state index contributed by atoms with van der Waals surface area (Å²) in [5, 5.41) is 28.7. The first-order valence-electron chi connectivity index (χ1n) is 11.6. The minimum Gasteiger partial charge on any atom is -0.493 e. The minimum absolute atomic E-state index is 0.120. The summed E-state index contributed by atoms with van der Waals surface area (Å²) in [5.41, 5.74) is 0.493. The molecule has 0 bridgehead atoms. The van der Waals surface area contributed by atoms with E-state index in [0.29, 0.717) is 17.9 Å². The van der Waals surface area contributed by atoms with E-state index in [4.69, 9.17) is 9.84 Å². The number of unbranched alkanes of at least 4 members (excludes halogenated alkanes) is 9. The Morgan fingerprint density at radius 3 is 2.27 bits per heavy atom. The Hall–Kier alpha value is -2.62. The third-order valence-electron chi connectivity index (χ3n) is 5.19. The number of ether oxygens (including phenoxy) is 1. The fourth-order valence-corrected chi connectivity index (χ4v) is 4.40. The maximum Gasteiger partial charge on any atom is 0.325 e. The van der Waals surface area contributed by atoms with Gasteiger partial charge < -0.3 is 14.9 Å². The van der Waals surface area contributed by atoms with Gasteiger partial charge in [0.25, 0.3) is 0 Å². The lowest BCUT2D eigenvalue weighted by Gasteiger charge is -2.16. The van der Waals surface area contributed by atoms with Gasteiger partial charge in [-0.25, -0.2) is 4.68 Å². The van der Waals surface area contributed by atoms with Crippen molar-refractivity contribution in [3.63, 3.8) is 0 Å². The number of tetrazole rings is 1. The lowest BCUT2D eigenvalue weighted by atomic mass is 10.1. The standard InChI is InChI=1S/C23H34N4O5S/c1-2-3-4-5-6-7-8-9-10-13-16-32-19-15-12-11-14-18(19)21(22(30)31)33-23-24-25-26-27(23)17-20(28)29/h11-12,14-15,21H,2-10,13,16-17H2,1H3,(H,28,29)(H,30,31). The summed E-state index contributed by atoms with van der Waals surface area (Å²) in [4.78, 5) is 23.0. The van der Waals surface area contributed by atoms with Gasteiger partial charge in [-0.2, -0.15) is 0 Å². The van der Waals surface area contributed by atoms with Gasteiger partial charge in [0.05, 0.1) is 6.61 Å². The van der Waals surface area contributed by atoms with Crippen LogP contribution >= 0.6 is 11.8 Å². The second-order valence-electron chi connectivity index (χ2n) is 7.92. The lowest BCUT2D eigenvalue weighted by molar-refractivity contribution is -0.138. The van der Waals surface area contributed by atoms with Gasteiger partial charge in [-0.1, -0.05) is 94.7 Å². The highest BCUT2D eigenvalue weighted by Crippen LogP contribution is 2.38. The molecule has 182 valence electrons. The monoisotopic (exact) mass is 478 g/mol. The Labute approximate surface area is 198 Å². The highest BCUT2D eigenvalue weighted by atomic mass is 32.2. The van der Waals surface area contributed by atoms with Crippen molar-refractivity contribution in [1.82, 2.24) is 20.2 Å². The quantitative estimate of drug-likeness (QED) is 0.225. The number of hydrogen-bond acceptors (Lipinski definition) is 7. The van der Waals surface area contributed by atoms with E-state index in [1.54, 1.807) is 24.3 Å². The summed E-state index contributed by atoms with van der Waals surface area (Å²) in [6, 6.07) is 7.00. The van der Waals surface area contributed by atoms with Crippen LogP contribution in [0.5, 0.6) is 5.75 Å². The van der Waals surface area contributed by atoms with Crippen molar-refractivity contribution in [1.29, 1.82) is 0 Å². The molecule has 0 spiro atoms. The number of hydrogen-bond donors (Lipinski definition) is 2. The molecule has 10 heteroatoms. The van der Waals surface area contributed by atoms with Gasteiger partial charge in [0.1, 0.15) is 17.5 Å². The van der Waals surface area contributed by atoms with Gasteiger partial charge in [-0.15, -0.1) is 5.10 Å². The van der Waals surface area contributed by atoms with Crippen LogP contribution in [-0.2, 0) is 16.1 Å². The average Bonchev–Trinajstić information content (AvgIpc) is 3.22. The largest absolute Gasteiger partial charge is 0.493 e. The Balaban J connectivity index is 1.84. The van der Waals surface area contributed by atoms with E-state index in [1.165, 1.54) is 51.4 Å². The van der Waals surface area contributed by atoms with Crippen molar-refractivity contribution in [3.05, 3.63) is 29.8 Å². The second-order valence-corrected chi connectivity index (χ2v) is 8.99. The van der Waals surface area contributed by atoms with Crippen molar-refractivity contribution in [2.24, 2.45) is 0 Å². The van der Waals surface area contributed by atoms with E-state index in [-0.39, 0.29) is 5.16 Å².